The van der Waals surface area contributed by atoms with E-state index in [2.05, 4.69) is 10.3 Å². The normalized spacial score (nSPS) is 26.6. The molecule has 0 bridgehead atoms. The van der Waals surface area contributed by atoms with Crippen molar-refractivity contribution in [2.24, 2.45) is 4.99 Å². The summed E-state index contributed by atoms with van der Waals surface area (Å²) < 4.78 is 23.2. The van der Waals surface area contributed by atoms with Crippen LogP contribution >= 0.6 is 0 Å². The van der Waals surface area contributed by atoms with Crippen LogP contribution in [-0.2, 0) is 0 Å². The second-order valence-corrected chi connectivity index (χ2v) is 1.60. The fraction of sp³-hybridized carbons (Fsp3) is 0.750. The Balaban J connectivity index is 2.29. The van der Waals surface area contributed by atoms with Crippen LogP contribution in [0.25, 0.3) is 0 Å². The molecule has 0 aromatic heterocycles. The standard InChI is InChI=1S/C4H6F2N2/c5-4(6)3-1-7-2-8-3/h2-4H,1H2,(H,7,8). The molecule has 0 aromatic rings. The summed E-state index contributed by atoms with van der Waals surface area (Å²) >= 11 is 0. The smallest absolute Gasteiger partial charge is 0.260 e. The molecule has 0 fully saturated rings. The van der Waals surface area contributed by atoms with Gasteiger partial charge in [0.2, 0.25) is 0 Å². The minimum atomic E-state index is -2.29. The number of hydrogen-bond donors (Lipinski definition) is 1. The number of halogens is 2. The predicted octanol–water partition coefficient (Wildman–Crippen LogP) is 0.252. The third-order valence-electron chi connectivity index (χ3n) is 0.986. The van der Waals surface area contributed by atoms with E-state index in [0.29, 0.717) is 0 Å². The highest BCUT2D eigenvalue weighted by Crippen LogP contribution is 2.02. The molecule has 0 aromatic carbocycles. The highest BCUT2D eigenvalue weighted by molar-refractivity contribution is 5.57. The second kappa shape index (κ2) is 2.07. The fourth-order valence-electron chi connectivity index (χ4n) is 0.520. The van der Waals surface area contributed by atoms with E-state index in [1.54, 1.807) is 0 Å². The van der Waals surface area contributed by atoms with Crippen LogP contribution in [0.15, 0.2) is 4.99 Å². The molecule has 46 valence electrons. The number of rotatable bonds is 1. The monoisotopic (exact) mass is 120 g/mol. The number of nitrogens with zero attached hydrogens (tertiary/aromatic N) is 1. The first-order valence-corrected chi connectivity index (χ1v) is 2.33. The Morgan fingerprint density at radius 2 is 2.50 bits per heavy atom. The van der Waals surface area contributed by atoms with Crippen molar-refractivity contribution in [3.8, 4) is 0 Å². The summed E-state index contributed by atoms with van der Waals surface area (Å²) in [4.78, 5) is 3.57. The van der Waals surface area contributed by atoms with Crippen LogP contribution in [-0.4, -0.2) is 25.4 Å². The molecule has 0 saturated heterocycles. The second-order valence-electron chi connectivity index (χ2n) is 1.60. The third kappa shape index (κ3) is 0.936. The molecule has 1 unspecified atom stereocenters. The first-order valence-electron chi connectivity index (χ1n) is 2.33. The van der Waals surface area contributed by atoms with Gasteiger partial charge in [-0.05, 0) is 0 Å². The van der Waals surface area contributed by atoms with Crippen LogP contribution < -0.4 is 5.32 Å². The molecule has 2 nitrogen and oxygen atoms in total. The summed E-state index contributed by atoms with van der Waals surface area (Å²) in [5, 5.41) is 2.41. The van der Waals surface area contributed by atoms with E-state index < -0.39 is 12.5 Å². The zero-order valence-electron chi connectivity index (χ0n) is 4.14. The minimum absolute atomic E-state index is 0.206. The lowest BCUT2D eigenvalue weighted by Crippen LogP contribution is -2.31. The molecule has 0 aliphatic carbocycles. The van der Waals surface area contributed by atoms with Crippen molar-refractivity contribution in [3.63, 3.8) is 0 Å². The largest absolute Gasteiger partial charge is 0.366 e. The molecule has 0 spiro atoms. The van der Waals surface area contributed by atoms with Crippen molar-refractivity contribution < 1.29 is 8.78 Å². The van der Waals surface area contributed by atoms with Gasteiger partial charge in [-0.2, -0.15) is 0 Å². The summed E-state index contributed by atoms with van der Waals surface area (Å²) in [7, 11) is 0. The predicted molar refractivity (Wildman–Crippen MR) is 26.3 cm³/mol. The number of alkyl halides is 2. The van der Waals surface area contributed by atoms with Crippen molar-refractivity contribution in [3.05, 3.63) is 0 Å². The zero-order chi connectivity index (χ0) is 5.98. The summed E-state index contributed by atoms with van der Waals surface area (Å²) in [6, 6.07) is -0.741. The average Bonchev–Trinajstić information content (AvgIpc) is 2.12. The van der Waals surface area contributed by atoms with Gasteiger partial charge in [0, 0.05) is 0 Å². The minimum Gasteiger partial charge on any atom is -0.366 e. The lowest BCUT2D eigenvalue weighted by Gasteiger charge is -2.05. The van der Waals surface area contributed by atoms with Crippen LogP contribution in [0, 0.1) is 0 Å². The van der Waals surface area contributed by atoms with Crippen molar-refractivity contribution in [2.45, 2.75) is 12.5 Å². The molecule has 1 rings (SSSR count). The van der Waals surface area contributed by atoms with Gasteiger partial charge in [0.1, 0.15) is 6.04 Å². The molecule has 1 heterocycles. The Hall–Kier alpha value is -0.670. The summed E-state index contributed by atoms with van der Waals surface area (Å²) in [5.41, 5.74) is 0. The van der Waals surface area contributed by atoms with Crippen LogP contribution in [0.4, 0.5) is 8.78 Å². The van der Waals surface area contributed by atoms with Crippen LogP contribution in [0.3, 0.4) is 0 Å². The molecular formula is C4H6F2N2. The Labute approximate surface area is 45.6 Å². The van der Waals surface area contributed by atoms with Gasteiger partial charge in [-0.15, -0.1) is 0 Å². The topological polar surface area (TPSA) is 24.4 Å². The lowest BCUT2D eigenvalue weighted by molar-refractivity contribution is 0.115. The molecule has 0 amide bonds. The van der Waals surface area contributed by atoms with E-state index in [0.717, 1.165) is 0 Å². The van der Waals surface area contributed by atoms with Crippen molar-refractivity contribution in [1.29, 1.82) is 0 Å². The van der Waals surface area contributed by atoms with E-state index in [9.17, 15) is 8.78 Å². The lowest BCUT2D eigenvalue weighted by atomic mass is 10.3. The van der Waals surface area contributed by atoms with Gasteiger partial charge >= 0.3 is 0 Å². The van der Waals surface area contributed by atoms with E-state index in [1.807, 2.05) is 0 Å². The quantitative estimate of drug-likeness (QED) is 0.527. The van der Waals surface area contributed by atoms with Gasteiger partial charge < -0.3 is 5.32 Å². The summed E-state index contributed by atoms with van der Waals surface area (Å²) in [6.45, 7) is 0.206. The Bertz CT molecular complexity index is 94.2. The molecule has 1 N–H and O–H groups in total. The van der Waals surface area contributed by atoms with Crippen molar-refractivity contribution in [1.82, 2.24) is 5.32 Å². The van der Waals surface area contributed by atoms with Gasteiger partial charge in [0.15, 0.2) is 0 Å². The van der Waals surface area contributed by atoms with Gasteiger partial charge in [0.05, 0.1) is 12.9 Å². The molecule has 0 radical (unpaired) electrons. The molecular weight excluding hydrogens is 114 g/mol. The molecule has 8 heavy (non-hydrogen) atoms. The van der Waals surface area contributed by atoms with Gasteiger partial charge in [0.25, 0.3) is 6.43 Å². The Kier molecular flexibility index (Phi) is 1.41. The average molecular weight is 120 g/mol. The maximum Gasteiger partial charge on any atom is 0.260 e. The molecule has 4 heteroatoms. The molecule has 1 atom stereocenters. The summed E-state index contributed by atoms with van der Waals surface area (Å²) in [6.07, 6.45) is -0.978. The first-order chi connectivity index (χ1) is 3.80. The number of hydrogen-bond acceptors (Lipinski definition) is 2. The third-order valence-corrected chi connectivity index (χ3v) is 0.986. The van der Waals surface area contributed by atoms with E-state index in [4.69, 9.17) is 0 Å². The Morgan fingerprint density at radius 1 is 1.75 bits per heavy atom. The molecule has 1 aliphatic rings. The van der Waals surface area contributed by atoms with Crippen molar-refractivity contribution >= 4 is 6.34 Å². The summed E-state index contributed by atoms with van der Waals surface area (Å²) in [5.74, 6) is 0. The van der Waals surface area contributed by atoms with Crippen LogP contribution in [0.5, 0.6) is 0 Å². The highest BCUT2D eigenvalue weighted by atomic mass is 19.3. The number of aliphatic imine (C=N–C) groups is 1. The van der Waals surface area contributed by atoms with Gasteiger partial charge in [-0.3, -0.25) is 4.99 Å². The number of nitrogens with one attached hydrogen (secondary N) is 1. The van der Waals surface area contributed by atoms with Gasteiger partial charge in [-0.25, -0.2) is 8.78 Å². The van der Waals surface area contributed by atoms with Crippen molar-refractivity contribution in [2.75, 3.05) is 6.54 Å². The molecule has 1 aliphatic heterocycles. The maximum atomic E-state index is 11.6. The molecule has 0 saturated carbocycles. The SMILES string of the molecule is FC(F)C1CN=CN1. The van der Waals surface area contributed by atoms with E-state index >= 15 is 0 Å². The van der Waals surface area contributed by atoms with E-state index in [1.165, 1.54) is 6.34 Å². The van der Waals surface area contributed by atoms with Crippen LogP contribution in [0.1, 0.15) is 0 Å². The van der Waals surface area contributed by atoms with Gasteiger partial charge in [-0.1, -0.05) is 0 Å². The first kappa shape index (κ1) is 5.47. The Morgan fingerprint density at radius 3 is 2.75 bits per heavy atom. The fourth-order valence-corrected chi connectivity index (χ4v) is 0.520. The maximum absolute atomic E-state index is 11.6. The zero-order valence-corrected chi connectivity index (χ0v) is 4.14. The van der Waals surface area contributed by atoms with E-state index in [-0.39, 0.29) is 6.54 Å². The van der Waals surface area contributed by atoms with Crippen LogP contribution in [0.2, 0.25) is 0 Å². The highest BCUT2D eigenvalue weighted by Gasteiger charge is 2.20.